The molecule has 1 amide bonds. The molecular weight excluding hydrogens is 362 g/mol. The van der Waals surface area contributed by atoms with Crippen molar-refractivity contribution < 1.29 is 19.0 Å². The number of anilines is 1. The normalized spacial score (nSPS) is 16.5. The Morgan fingerprint density at radius 1 is 1.07 bits per heavy atom. The molecule has 0 radical (unpaired) electrons. The predicted octanol–water partition coefficient (Wildman–Crippen LogP) is 4.69. The van der Waals surface area contributed by atoms with E-state index in [1.54, 1.807) is 33.1 Å². The molecule has 144 valence electrons. The van der Waals surface area contributed by atoms with Gasteiger partial charge in [-0.2, -0.15) is 0 Å². The van der Waals surface area contributed by atoms with Gasteiger partial charge in [-0.25, -0.2) is 0 Å². The minimum Gasteiger partial charge on any atom is -0.493 e. The highest BCUT2D eigenvalue weighted by Crippen LogP contribution is 2.48. The van der Waals surface area contributed by atoms with Gasteiger partial charge in [0.25, 0.3) is 0 Å². The fourth-order valence-electron chi connectivity index (χ4n) is 3.32. The number of benzene rings is 2. The van der Waals surface area contributed by atoms with E-state index in [1.165, 1.54) is 0 Å². The van der Waals surface area contributed by atoms with Crippen LogP contribution in [-0.4, -0.2) is 33.8 Å². The summed E-state index contributed by atoms with van der Waals surface area (Å²) in [5.74, 6) is 1.89. The summed E-state index contributed by atoms with van der Waals surface area (Å²) in [6.45, 7) is 2.81. The second kappa shape index (κ2) is 8.57. The van der Waals surface area contributed by atoms with E-state index in [2.05, 4.69) is 13.0 Å². The molecule has 27 heavy (non-hydrogen) atoms. The zero-order chi connectivity index (χ0) is 19.4. The van der Waals surface area contributed by atoms with Crippen LogP contribution in [0, 0.1) is 0 Å². The van der Waals surface area contributed by atoms with Crippen molar-refractivity contribution in [2.75, 3.05) is 32.8 Å². The molecule has 5 nitrogen and oxygen atoms in total. The van der Waals surface area contributed by atoms with Crippen LogP contribution < -0.4 is 19.1 Å². The van der Waals surface area contributed by atoms with Gasteiger partial charge in [-0.15, -0.1) is 11.8 Å². The van der Waals surface area contributed by atoms with Crippen molar-refractivity contribution in [1.82, 2.24) is 0 Å². The Hall–Kier alpha value is -2.34. The molecule has 0 aliphatic carbocycles. The summed E-state index contributed by atoms with van der Waals surface area (Å²) in [5.41, 5.74) is 1.97. The number of carbonyl (C=O) groups is 1. The summed E-state index contributed by atoms with van der Waals surface area (Å²) in [6.07, 6.45) is 1.33. The van der Waals surface area contributed by atoms with Gasteiger partial charge in [0.2, 0.25) is 11.7 Å². The molecule has 0 N–H and O–H groups in total. The number of thioether (sulfide) groups is 1. The topological polar surface area (TPSA) is 48.0 Å². The molecule has 0 spiro atoms. The van der Waals surface area contributed by atoms with Crippen LogP contribution in [0.2, 0.25) is 0 Å². The van der Waals surface area contributed by atoms with Crippen LogP contribution >= 0.6 is 11.8 Å². The fourth-order valence-corrected chi connectivity index (χ4v) is 4.58. The molecule has 1 aliphatic heterocycles. The molecule has 0 aromatic heterocycles. The first-order valence-corrected chi connectivity index (χ1v) is 9.86. The second-order valence-electron chi connectivity index (χ2n) is 6.28. The summed E-state index contributed by atoms with van der Waals surface area (Å²) in [6, 6.07) is 12.0. The van der Waals surface area contributed by atoms with Gasteiger partial charge in [0, 0.05) is 23.1 Å². The van der Waals surface area contributed by atoms with Crippen LogP contribution in [0.3, 0.4) is 0 Å². The lowest BCUT2D eigenvalue weighted by Crippen LogP contribution is -2.31. The first-order valence-electron chi connectivity index (χ1n) is 8.98. The maximum atomic E-state index is 13.0. The van der Waals surface area contributed by atoms with Gasteiger partial charge >= 0.3 is 0 Å². The number of carbonyl (C=O) groups excluding carboxylic acids is 1. The van der Waals surface area contributed by atoms with Crippen molar-refractivity contribution in [3.63, 3.8) is 0 Å². The lowest BCUT2D eigenvalue weighted by molar-refractivity contribution is -0.118. The predicted molar refractivity (Wildman–Crippen MR) is 108 cm³/mol. The van der Waals surface area contributed by atoms with Crippen molar-refractivity contribution in [2.45, 2.75) is 29.9 Å². The van der Waals surface area contributed by atoms with Gasteiger partial charge in [0.1, 0.15) is 0 Å². The highest BCUT2D eigenvalue weighted by Gasteiger charge is 2.30. The maximum Gasteiger partial charge on any atom is 0.228 e. The Bertz CT molecular complexity index is 799. The van der Waals surface area contributed by atoms with E-state index in [0.717, 1.165) is 29.1 Å². The van der Waals surface area contributed by atoms with Crippen molar-refractivity contribution in [3.8, 4) is 17.2 Å². The third-order valence-corrected chi connectivity index (χ3v) is 5.91. The molecule has 1 heterocycles. The minimum atomic E-state index is -0.0331. The smallest absolute Gasteiger partial charge is 0.228 e. The van der Waals surface area contributed by atoms with Crippen molar-refractivity contribution >= 4 is 23.4 Å². The number of amides is 1. The van der Waals surface area contributed by atoms with Crippen LogP contribution in [0.25, 0.3) is 0 Å². The summed E-state index contributed by atoms with van der Waals surface area (Å²) in [5, 5.41) is -0.0331. The molecule has 2 aromatic rings. The van der Waals surface area contributed by atoms with Crippen LogP contribution in [0.4, 0.5) is 5.69 Å². The zero-order valence-corrected chi connectivity index (χ0v) is 17.0. The Balaban J connectivity index is 2.05. The molecule has 0 fully saturated rings. The molecule has 1 aliphatic rings. The van der Waals surface area contributed by atoms with Gasteiger partial charge in [0.15, 0.2) is 11.5 Å². The summed E-state index contributed by atoms with van der Waals surface area (Å²) >= 11 is 1.70. The van der Waals surface area contributed by atoms with Crippen molar-refractivity contribution in [3.05, 3.63) is 42.0 Å². The number of hydrogen-bond donors (Lipinski definition) is 0. The Labute approximate surface area is 164 Å². The molecule has 1 atom stereocenters. The Morgan fingerprint density at radius 3 is 2.33 bits per heavy atom. The van der Waals surface area contributed by atoms with E-state index in [4.69, 9.17) is 14.2 Å². The first-order chi connectivity index (χ1) is 13.1. The number of nitrogens with zero attached hydrogens (tertiary/aromatic N) is 1. The monoisotopic (exact) mass is 387 g/mol. The van der Waals surface area contributed by atoms with Gasteiger partial charge < -0.3 is 19.1 Å². The van der Waals surface area contributed by atoms with Crippen LogP contribution in [0.1, 0.15) is 30.6 Å². The molecule has 0 bridgehead atoms. The first kappa shape index (κ1) is 19.4. The third kappa shape index (κ3) is 3.86. The van der Waals surface area contributed by atoms with E-state index in [0.29, 0.717) is 23.7 Å². The van der Waals surface area contributed by atoms with E-state index in [1.807, 2.05) is 35.2 Å². The van der Waals surface area contributed by atoms with Crippen molar-refractivity contribution in [2.24, 2.45) is 0 Å². The second-order valence-corrected chi connectivity index (χ2v) is 7.53. The Kier molecular flexibility index (Phi) is 6.16. The van der Waals surface area contributed by atoms with Gasteiger partial charge in [0.05, 0.1) is 27.0 Å². The Morgan fingerprint density at radius 2 is 1.74 bits per heavy atom. The van der Waals surface area contributed by atoms with E-state index >= 15 is 0 Å². The number of hydrogen-bond acceptors (Lipinski definition) is 5. The van der Waals surface area contributed by atoms with Crippen LogP contribution in [-0.2, 0) is 4.79 Å². The highest BCUT2D eigenvalue weighted by molar-refractivity contribution is 7.99. The molecule has 0 unspecified atom stereocenters. The summed E-state index contributed by atoms with van der Waals surface area (Å²) in [4.78, 5) is 16.0. The molecule has 0 saturated carbocycles. The molecule has 0 saturated heterocycles. The van der Waals surface area contributed by atoms with Crippen LogP contribution in [0.15, 0.2) is 41.3 Å². The summed E-state index contributed by atoms with van der Waals surface area (Å²) in [7, 11) is 4.79. The number of rotatable bonds is 6. The third-order valence-electron chi connectivity index (χ3n) is 4.59. The minimum absolute atomic E-state index is 0.0331. The molecular formula is C21H25NO4S. The van der Waals surface area contributed by atoms with Gasteiger partial charge in [-0.05, 0) is 36.2 Å². The number of ether oxygens (including phenoxy) is 3. The average Bonchev–Trinajstić information content (AvgIpc) is 2.84. The quantitative estimate of drug-likeness (QED) is 0.719. The standard InChI is InChI=1S/C21H25NO4S/c1-5-10-22-15-8-6-7-9-18(15)27-19(13-20(22)23)14-11-16(24-2)21(26-4)17(12-14)25-3/h6-9,11-12,19H,5,10,13H2,1-4H3/t19-/m0/s1. The highest BCUT2D eigenvalue weighted by atomic mass is 32.2. The van der Waals surface area contributed by atoms with Crippen LogP contribution in [0.5, 0.6) is 17.2 Å². The van der Waals surface area contributed by atoms with Crippen molar-refractivity contribution in [1.29, 1.82) is 0 Å². The fraction of sp³-hybridized carbons (Fsp3) is 0.381. The lowest BCUT2D eigenvalue weighted by Gasteiger charge is -2.22. The average molecular weight is 388 g/mol. The van der Waals surface area contributed by atoms with Gasteiger partial charge in [-0.3, -0.25) is 4.79 Å². The number of para-hydroxylation sites is 1. The molecule has 6 heteroatoms. The largest absolute Gasteiger partial charge is 0.493 e. The molecule has 3 rings (SSSR count). The van der Waals surface area contributed by atoms with E-state index in [9.17, 15) is 4.79 Å². The van der Waals surface area contributed by atoms with Gasteiger partial charge in [-0.1, -0.05) is 19.1 Å². The SMILES string of the molecule is CCCN1C(=O)C[C@@H](c2cc(OC)c(OC)c(OC)c2)Sc2ccccc21. The molecule has 2 aromatic carbocycles. The van der Waals surface area contributed by atoms with E-state index in [-0.39, 0.29) is 11.2 Å². The summed E-state index contributed by atoms with van der Waals surface area (Å²) < 4.78 is 16.4. The van der Waals surface area contributed by atoms with E-state index < -0.39 is 0 Å². The lowest BCUT2D eigenvalue weighted by atomic mass is 10.1. The number of methoxy groups -OCH3 is 3. The zero-order valence-electron chi connectivity index (χ0n) is 16.2. The maximum absolute atomic E-state index is 13.0. The number of fused-ring (bicyclic) bond motifs is 1.